The first-order valence-electron chi connectivity index (χ1n) is 6.20. The zero-order valence-corrected chi connectivity index (χ0v) is 12.0. The maximum absolute atomic E-state index is 6.21. The molecule has 2 nitrogen and oxygen atoms in total. The zero-order valence-electron chi connectivity index (χ0n) is 11.2. The van der Waals surface area contributed by atoms with Gasteiger partial charge in [0.1, 0.15) is 0 Å². The summed E-state index contributed by atoms with van der Waals surface area (Å²) < 4.78 is 0. The van der Waals surface area contributed by atoms with Crippen molar-refractivity contribution in [3.8, 4) is 0 Å². The average molecular weight is 255 g/mol. The third-order valence-electron chi connectivity index (χ3n) is 2.77. The van der Waals surface area contributed by atoms with Gasteiger partial charge in [0, 0.05) is 29.8 Å². The van der Waals surface area contributed by atoms with Gasteiger partial charge in [0.15, 0.2) is 0 Å². The van der Waals surface area contributed by atoms with Gasteiger partial charge in [-0.1, -0.05) is 31.5 Å². The predicted octanol–water partition coefficient (Wildman–Crippen LogP) is 3.67. The fourth-order valence-electron chi connectivity index (χ4n) is 1.89. The first-order valence-corrected chi connectivity index (χ1v) is 6.58. The highest BCUT2D eigenvalue weighted by molar-refractivity contribution is 6.31. The first kappa shape index (κ1) is 14.3. The quantitative estimate of drug-likeness (QED) is 0.869. The molecule has 0 aliphatic heterocycles. The monoisotopic (exact) mass is 254 g/mol. The minimum atomic E-state index is 0.470. The highest BCUT2D eigenvalue weighted by Crippen LogP contribution is 2.25. The predicted molar refractivity (Wildman–Crippen MR) is 76.7 cm³/mol. The Morgan fingerprint density at radius 3 is 2.29 bits per heavy atom. The molecule has 17 heavy (non-hydrogen) atoms. The van der Waals surface area contributed by atoms with Gasteiger partial charge in [-0.25, -0.2) is 0 Å². The van der Waals surface area contributed by atoms with Crippen molar-refractivity contribution >= 4 is 17.3 Å². The van der Waals surface area contributed by atoms with Gasteiger partial charge in [-0.05, 0) is 37.5 Å². The second-order valence-electron chi connectivity index (χ2n) is 5.12. The molecule has 0 fully saturated rings. The molecule has 0 bridgehead atoms. The molecule has 0 heterocycles. The Hall–Kier alpha value is -0.730. The molecule has 96 valence electrons. The van der Waals surface area contributed by atoms with Gasteiger partial charge >= 0.3 is 0 Å². The van der Waals surface area contributed by atoms with Gasteiger partial charge in [-0.15, -0.1) is 0 Å². The number of hydrogen-bond donors (Lipinski definition) is 1. The van der Waals surface area contributed by atoms with E-state index in [-0.39, 0.29) is 0 Å². The van der Waals surface area contributed by atoms with E-state index >= 15 is 0 Å². The molecular weight excluding hydrogens is 232 g/mol. The van der Waals surface area contributed by atoms with Crippen molar-refractivity contribution in [2.24, 2.45) is 11.7 Å². The lowest BCUT2D eigenvalue weighted by Crippen LogP contribution is -2.34. The van der Waals surface area contributed by atoms with E-state index in [0.29, 0.717) is 18.5 Å². The minimum Gasteiger partial charge on any atom is -0.369 e. The maximum atomic E-state index is 6.21. The Kier molecular flexibility index (Phi) is 5.29. The number of hydrogen-bond acceptors (Lipinski definition) is 2. The molecule has 3 heteroatoms. The summed E-state index contributed by atoms with van der Waals surface area (Å²) in [6.07, 6.45) is 0. The summed E-state index contributed by atoms with van der Waals surface area (Å²) in [4.78, 5) is 2.37. The third kappa shape index (κ3) is 3.90. The number of rotatable bonds is 5. The van der Waals surface area contributed by atoms with Crippen LogP contribution in [0.4, 0.5) is 5.69 Å². The molecule has 0 radical (unpaired) electrons. The summed E-state index contributed by atoms with van der Waals surface area (Å²) in [6, 6.07) is 6.62. The second kappa shape index (κ2) is 6.27. The molecule has 0 atom stereocenters. The van der Waals surface area contributed by atoms with Crippen LogP contribution >= 0.6 is 11.6 Å². The van der Waals surface area contributed by atoms with Gasteiger partial charge in [0.05, 0.1) is 0 Å². The molecule has 0 aliphatic rings. The molecule has 1 rings (SSSR count). The van der Waals surface area contributed by atoms with Crippen molar-refractivity contribution in [3.63, 3.8) is 0 Å². The summed E-state index contributed by atoms with van der Waals surface area (Å²) in [5, 5.41) is 0.763. The topological polar surface area (TPSA) is 29.3 Å². The van der Waals surface area contributed by atoms with Crippen molar-refractivity contribution < 1.29 is 0 Å². The summed E-state index contributed by atoms with van der Waals surface area (Å²) in [7, 11) is 0. The Morgan fingerprint density at radius 1 is 1.24 bits per heavy atom. The van der Waals surface area contributed by atoms with Crippen LogP contribution in [0.2, 0.25) is 5.02 Å². The molecule has 1 aromatic carbocycles. The molecule has 0 unspecified atom stereocenters. The van der Waals surface area contributed by atoms with Crippen molar-refractivity contribution in [2.45, 2.75) is 40.3 Å². The Balaban J connectivity index is 2.98. The van der Waals surface area contributed by atoms with E-state index in [1.165, 1.54) is 5.69 Å². The lowest BCUT2D eigenvalue weighted by Gasteiger charge is -2.31. The average Bonchev–Trinajstić information content (AvgIpc) is 2.25. The van der Waals surface area contributed by atoms with Crippen LogP contribution in [0.1, 0.15) is 33.3 Å². The lowest BCUT2D eigenvalue weighted by molar-refractivity contribution is 0.571. The standard InChI is InChI=1S/C14H23ClN2/c1-10(2)9-17(11(3)4)13-6-5-12(8-16)14(15)7-13/h5-7,10-11H,8-9,16H2,1-4H3. The smallest absolute Gasteiger partial charge is 0.0471 e. The lowest BCUT2D eigenvalue weighted by atomic mass is 10.1. The van der Waals surface area contributed by atoms with E-state index in [4.69, 9.17) is 17.3 Å². The number of nitrogens with zero attached hydrogens (tertiary/aromatic N) is 1. The van der Waals surface area contributed by atoms with Crippen LogP contribution in [-0.2, 0) is 6.54 Å². The Labute approximate surface area is 110 Å². The Morgan fingerprint density at radius 2 is 1.88 bits per heavy atom. The molecule has 0 aliphatic carbocycles. The summed E-state index contributed by atoms with van der Waals surface area (Å²) in [6.45, 7) is 10.4. The summed E-state index contributed by atoms with van der Waals surface area (Å²) >= 11 is 6.21. The number of nitrogens with two attached hydrogens (primary N) is 1. The zero-order chi connectivity index (χ0) is 13.0. The molecule has 2 N–H and O–H groups in total. The third-order valence-corrected chi connectivity index (χ3v) is 3.13. The highest BCUT2D eigenvalue weighted by atomic mass is 35.5. The summed E-state index contributed by atoms with van der Waals surface area (Å²) in [5.41, 5.74) is 7.80. The molecule has 0 saturated heterocycles. The summed E-state index contributed by atoms with van der Waals surface area (Å²) in [5.74, 6) is 0.630. The van der Waals surface area contributed by atoms with E-state index < -0.39 is 0 Å². The van der Waals surface area contributed by atoms with Crippen LogP contribution in [0.5, 0.6) is 0 Å². The van der Waals surface area contributed by atoms with Crippen molar-refractivity contribution in [1.82, 2.24) is 0 Å². The van der Waals surface area contributed by atoms with E-state index in [1.54, 1.807) is 0 Å². The molecule has 0 saturated carbocycles. The van der Waals surface area contributed by atoms with Crippen molar-refractivity contribution in [2.75, 3.05) is 11.4 Å². The van der Waals surface area contributed by atoms with Crippen LogP contribution in [-0.4, -0.2) is 12.6 Å². The van der Waals surface area contributed by atoms with E-state index in [9.17, 15) is 0 Å². The fraction of sp³-hybridized carbons (Fsp3) is 0.571. The van der Waals surface area contributed by atoms with Gasteiger partial charge in [-0.3, -0.25) is 0 Å². The number of benzene rings is 1. The molecule has 0 aromatic heterocycles. The van der Waals surface area contributed by atoms with E-state index in [1.807, 2.05) is 12.1 Å². The van der Waals surface area contributed by atoms with Crippen LogP contribution < -0.4 is 10.6 Å². The first-order chi connectivity index (χ1) is 7.95. The van der Waals surface area contributed by atoms with Crippen molar-refractivity contribution in [3.05, 3.63) is 28.8 Å². The van der Waals surface area contributed by atoms with Crippen LogP contribution in [0, 0.1) is 5.92 Å². The van der Waals surface area contributed by atoms with E-state index in [2.05, 4.69) is 38.7 Å². The van der Waals surface area contributed by atoms with Crippen molar-refractivity contribution in [1.29, 1.82) is 0 Å². The SMILES string of the molecule is CC(C)CN(c1ccc(CN)c(Cl)c1)C(C)C. The molecule has 0 amide bonds. The highest BCUT2D eigenvalue weighted by Gasteiger charge is 2.13. The fourth-order valence-corrected chi connectivity index (χ4v) is 2.14. The van der Waals surface area contributed by atoms with Crippen LogP contribution in [0.25, 0.3) is 0 Å². The van der Waals surface area contributed by atoms with Gasteiger partial charge in [-0.2, -0.15) is 0 Å². The second-order valence-corrected chi connectivity index (χ2v) is 5.53. The Bertz CT molecular complexity index is 361. The van der Waals surface area contributed by atoms with E-state index in [0.717, 1.165) is 17.1 Å². The molecule has 0 spiro atoms. The van der Waals surface area contributed by atoms with Gasteiger partial charge in [0.25, 0.3) is 0 Å². The van der Waals surface area contributed by atoms with Crippen LogP contribution in [0.15, 0.2) is 18.2 Å². The number of anilines is 1. The van der Waals surface area contributed by atoms with Gasteiger partial charge < -0.3 is 10.6 Å². The largest absolute Gasteiger partial charge is 0.369 e. The normalized spacial score (nSPS) is 11.3. The van der Waals surface area contributed by atoms with Crippen LogP contribution in [0.3, 0.4) is 0 Å². The minimum absolute atomic E-state index is 0.470. The maximum Gasteiger partial charge on any atom is 0.0471 e. The molecule has 1 aromatic rings. The molecular formula is C14H23ClN2. The number of halogens is 1. The van der Waals surface area contributed by atoms with Gasteiger partial charge in [0.2, 0.25) is 0 Å².